The number of carbonyl (C=O) groups is 3. The third-order valence-electron chi connectivity index (χ3n) is 9.32. The second-order valence-corrected chi connectivity index (χ2v) is 12.6. The van der Waals surface area contributed by atoms with Crippen LogP contribution in [0.2, 0.25) is 0 Å². The van der Waals surface area contributed by atoms with E-state index in [1.807, 2.05) is 74.0 Å². The van der Waals surface area contributed by atoms with E-state index in [-0.39, 0.29) is 23.6 Å². The lowest BCUT2D eigenvalue weighted by Crippen LogP contribution is -2.38. The molecule has 0 aliphatic carbocycles. The first-order valence-corrected chi connectivity index (χ1v) is 16.2. The summed E-state index contributed by atoms with van der Waals surface area (Å²) in [6.45, 7) is 6.75. The van der Waals surface area contributed by atoms with E-state index >= 15 is 0 Å². The van der Waals surface area contributed by atoms with E-state index in [1.54, 1.807) is 12.3 Å². The first-order chi connectivity index (χ1) is 23.2. The summed E-state index contributed by atoms with van der Waals surface area (Å²) in [7, 11) is 5.82. The van der Waals surface area contributed by atoms with Crippen LogP contribution < -0.4 is 20.8 Å². The molecule has 2 aliphatic rings. The molecule has 2 aromatic carbocycles. The number of hydrogen-bond acceptors (Lipinski definition) is 9. The van der Waals surface area contributed by atoms with Gasteiger partial charge in [-0.25, -0.2) is 4.98 Å². The zero-order valence-electron chi connectivity index (χ0n) is 28.1. The normalized spacial score (nSPS) is 14.9. The Hall–Kier alpha value is -4.91. The van der Waals surface area contributed by atoms with Crippen LogP contribution in [0, 0.1) is 13.8 Å². The predicted molar refractivity (Wildman–Crippen MR) is 184 cm³/mol. The summed E-state index contributed by atoms with van der Waals surface area (Å²) in [6, 6.07) is 13.4. The van der Waals surface area contributed by atoms with Crippen molar-refractivity contribution in [2.45, 2.75) is 52.2 Å². The molecule has 1 unspecified atom stereocenters. The Bertz CT molecular complexity index is 1870. The van der Waals surface area contributed by atoms with Gasteiger partial charge >= 0.3 is 0 Å². The summed E-state index contributed by atoms with van der Waals surface area (Å²) in [4.78, 5) is 54.9. The van der Waals surface area contributed by atoms with Gasteiger partial charge in [0, 0.05) is 73.9 Å². The maximum absolute atomic E-state index is 13.4. The summed E-state index contributed by atoms with van der Waals surface area (Å²) in [5.41, 5.74) is 8.23. The van der Waals surface area contributed by atoms with Crippen LogP contribution in [0.4, 0.5) is 11.4 Å². The third-order valence-corrected chi connectivity index (χ3v) is 9.32. The lowest BCUT2D eigenvalue weighted by molar-refractivity contribution is -0.108. The summed E-state index contributed by atoms with van der Waals surface area (Å²) >= 11 is 0. The maximum atomic E-state index is 13.4. The summed E-state index contributed by atoms with van der Waals surface area (Å²) in [5.74, 6) is 0.400. The fraction of sp³-hybridized carbons (Fsp3) is 0.361. The van der Waals surface area contributed by atoms with E-state index in [1.165, 1.54) is 0 Å². The van der Waals surface area contributed by atoms with Crippen molar-refractivity contribution < 1.29 is 19.2 Å². The number of likely N-dealkylation sites (N-methyl/N-ethyl adjacent to an activating group) is 2. The number of fused-ring (bicyclic) bond motifs is 2. The molecule has 0 bridgehead atoms. The first-order valence-electron chi connectivity index (χ1n) is 16.2. The Balaban J connectivity index is 1.16. The molecule has 4 heterocycles. The van der Waals surface area contributed by atoms with Crippen LogP contribution >= 0.6 is 0 Å². The number of aromatic nitrogens is 3. The van der Waals surface area contributed by atoms with Gasteiger partial charge in [0.05, 0.1) is 18.8 Å². The number of nitrogens with zero attached hydrogens (tertiary/aromatic N) is 5. The van der Waals surface area contributed by atoms with Crippen LogP contribution in [0.25, 0.3) is 11.1 Å². The standard InChI is InChI=1S/C36H42N8O4/c1-22-26(27-11-7-13-29(23(27)2)41-36(47)34-39-31-21-42(4)15-14-32(31)43(34)5)10-6-12-28(22)40-35(46)30-17-33-24(18-38-30)19-44(48-33)20-25(37-3)9-8-16-45/h6-7,10-13,16-18,25,37H,8-9,14-15,19-21H2,1-5H3,(H,40,46)(H,41,47). The average Bonchev–Trinajstić information content (AvgIpc) is 3.64. The number of hydroxylamine groups is 2. The van der Waals surface area contributed by atoms with Crippen molar-refractivity contribution in [3.05, 3.63) is 88.3 Å². The van der Waals surface area contributed by atoms with E-state index in [0.717, 1.165) is 65.0 Å². The fourth-order valence-corrected chi connectivity index (χ4v) is 6.45. The molecule has 2 amide bonds. The minimum atomic E-state index is -0.346. The monoisotopic (exact) mass is 650 g/mol. The molecule has 0 radical (unpaired) electrons. The molecule has 4 aromatic rings. The Morgan fingerprint density at radius 1 is 1.00 bits per heavy atom. The van der Waals surface area contributed by atoms with Crippen LogP contribution in [0.1, 0.15) is 62.0 Å². The van der Waals surface area contributed by atoms with E-state index in [9.17, 15) is 14.4 Å². The number of carbonyl (C=O) groups excluding carboxylic acids is 3. The second kappa shape index (κ2) is 14.1. The highest BCUT2D eigenvalue weighted by Gasteiger charge is 2.27. The Morgan fingerprint density at radius 2 is 1.69 bits per heavy atom. The number of imidazole rings is 1. The zero-order chi connectivity index (χ0) is 33.9. The van der Waals surface area contributed by atoms with Gasteiger partial charge in [-0.05, 0) is 68.8 Å². The molecular weight excluding hydrogens is 608 g/mol. The number of anilines is 2. The number of hydrogen-bond donors (Lipinski definition) is 3. The Morgan fingerprint density at radius 3 is 2.35 bits per heavy atom. The first kappa shape index (κ1) is 33.0. The Kier molecular flexibility index (Phi) is 9.67. The summed E-state index contributed by atoms with van der Waals surface area (Å²) in [5, 5.41) is 11.1. The maximum Gasteiger partial charge on any atom is 0.291 e. The van der Waals surface area contributed by atoms with Crippen LogP contribution in [-0.2, 0) is 31.4 Å². The molecule has 12 heteroatoms. The van der Waals surface area contributed by atoms with E-state index < -0.39 is 0 Å². The molecule has 0 fully saturated rings. The minimum absolute atomic E-state index is 0.101. The molecule has 0 saturated heterocycles. The van der Waals surface area contributed by atoms with Crippen molar-refractivity contribution in [3.63, 3.8) is 0 Å². The second-order valence-electron chi connectivity index (χ2n) is 12.6. The predicted octanol–water partition coefficient (Wildman–Crippen LogP) is 4.27. The minimum Gasteiger partial charge on any atom is -0.405 e. The lowest BCUT2D eigenvalue weighted by Gasteiger charge is -2.21. The molecule has 2 aromatic heterocycles. The summed E-state index contributed by atoms with van der Waals surface area (Å²) in [6.07, 6.45) is 4.65. The zero-order valence-corrected chi connectivity index (χ0v) is 28.1. The topological polar surface area (TPSA) is 134 Å². The number of pyridine rings is 1. The quantitative estimate of drug-likeness (QED) is 0.204. The highest BCUT2D eigenvalue weighted by molar-refractivity contribution is 6.05. The molecule has 0 spiro atoms. The highest BCUT2D eigenvalue weighted by atomic mass is 16.7. The van der Waals surface area contributed by atoms with Crippen LogP contribution in [0.3, 0.4) is 0 Å². The van der Waals surface area contributed by atoms with Crippen molar-refractivity contribution in [2.75, 3.05) is 37.8 Å². The van der Waals surface area contributed by atoms with E-state index in [2.05, 4.69) is 37.9 Å². The van der Waals surface area contributed by atoms with Crippen LogP contribution in [0.15, 0.2) is 48.7 Å². The SMILES string of the molecule is CNC(CCC=O)CN1Cc2cnc(C(=O)Nc3cccc(-c4cccc(NC(=O)c5nc6c(n5C)CCN(C)C6)c4C)c3C)cc2O1. The molecule has 2 aliphatic heterocycles. The van der Waals surface area contributed by atoms with Crippen LogP contribution in [0.5, 0.6) is 5.75 Å². The average molecular weight is 651 g/mol. The smallest absolute Gasteiger partial charge is 0.291 e. The van der Waals surface area contributed by atoms with Crippen molar-refractivity contribution in [2.24, 2.45) is 7.05 Å². The molecule has 0 saturated carbocycles. The molecule has 1 atom stereocenters. The number of amides is 2. The van der Waals surface area contributed by atoms with E-state index in [0.29, 0.717) is 48.9 Å². The summed E-state index contributed by atoms with van der Waals surface area (Å²) < 4.78 is 1.91. The number of nitrogens with one attached hydrogen (secondary N) is 3. The van der Waals surface area contributed by atoms with Gasteiger partial charge < -0.3 is 35.0 Å². The van der Waals surface area contributed by atoms with Crippen molar-refractivity contribution in [1.82, 2.24) is 29.8 Å². The van der Waals surface area contributed by atoms with Gasteiger partial charge in [-0.15, -0.1) is 5.06 Å². The van der Waals surface area contributed by atoms with E-state index in [4.69, 9.17) is 4.84 Å². The largest absolute Gasteiger partial charge is 0.405 e. The van der Waals surface area contributed by atoms with Crippen LogP contribution in [-0.4, -0.2) is 75.8 Å². The van der Waals surface area contributed by atoms with Gasteiger partial charge in [0.2, 0.25) is 0 Å². The Labute approximate surface area is 280 Å². The van der Waals surface area contributed by atoms with Gasteiger partial charge in [-0.1, -0.05) is 24.3 Å². The molecule has 3 N–H and O–H groups in total. The third kappa shape index (κ3) is 6.73. The molecule has 12 nitrogen and oxygen atoms in total. The number of aldehydes is 1. The molecule has 48 heavy (non-hydrogen) atoms. The van der Waals surface area contributed by atoms with Gasteiger partial charge in [0.15, 0.2) is 11.6 Å². The van der Waals surface area contributed by atoms with Crippen molar-refractivity contribution in [1.29, 1.82) is 0 Å². The van der Waals surface area contributed by atoms with Gasteiger partial charge in [0.1, 0.15) is 12.0 Å². The van der Waals surface area contributed by atoms with Crippen molar-refractivity contribution >= 4 is 29.5 Å². The molecule has 6 rings (SSSR count). The van der Waals surface area contributed by atoms with Gasteiger partial charge in [-0.2, -0.15) is 0 Å². The lowest BCUT2D eigenvalue weighted by atomic mass is 9.94. The molecule has 250 valence electrons. The fourth-order valence-electron chi connectivity index (χ4n) is 6.45. The number of benzene rings is 2. The highest BCUT2D eigenvalue weighted by Crippen LogP contribution is 2.35. The number of rotatable bonds is 11. The van der Waals surface area contributed by atoms with Gasteiger partial charge in [-0.3, -0.25) is 14.6 Å². The van der Waals surface area contributed by atoms with Gasteiger partial charge in [0.25, 0.3) is 11.8 Å². The molecular formula is C36H42N8O4. The van der Waals surface area contributed by atoms with Crippen molar-refractivity contribution in [3.8, 4) is 16.9 Å².